The lowest BCUT2D eigenvalue weighted by molar-refractivity contribution is 0.476. The summed E-state index contributed by atoms with van der Waals surface area (Å²) in [6.07, 6.45) is 6.47. The number of aromatic amines is 2. The number of benzene rings is 2. The molecule has 7 nitrogen and oxygen atoms in total. The number of phenolic OH excluding ortho intramolecular Hbond substituents is 1. The number of aromatic nitrogens is 4. The number of H-pyrrole nitrogens is 2. The Bertz CT molecular complexity index is 1320. The van der Waals surface area contributed by atoms with Crippen molar-refractivity contribution in [3.63, 3.8) is 0 Å². The molecule has 3 heterocycles. The highest BCUT2D eigenvalue weighted by Gasteiger charge is 2.09. The summed E-state index contributed by atoms with van der Waals surface area (Å²) in [7, 11) is 2.00. The first-order valence-electron chi connectivity index (χ1n) is 9.84. The largest absolute Gasteiger partial charge is 0.508 e. The molecule has 0 saturated heterocycles. The van der Waals surface area contributed by atoms with Gasteiger partial charge in [0.25, 0.3) is 0 Å². The standard InChI is InChI=1S/C23H22N6O/c1-29(17-2-4-20-15(12-17)6-9-24-20)22-8-11-26-23(28-22)25-10-7-16-14-27-21-5-3-18(30)13-19(16)21/h2-6,8-9,11-14,24,27,30H,7,10H2,1H3,(H,25,26,28). The predicted molar refractivity (Wildman–Crippen MR) is 121 cm³/mol. The molecule has 5 rings (SSSR count). The molecular formula is C23H22N6O. The van der Waals surface area contributed by atoms with Gasteiger partial charge in [0.2, 0.25) is 5.95 Å². The fraction of sp³-hybridized carbons (Fsp3) is 0.130. The van der Waals surface area contributed by atoms with E-state index in [1.54, 1.807) is 18.3 Å². The van der Waals surface area contributed by atoms with Crippen LogP contribution in [0.15, 0.2) is 67.1 Å². The van der Waals surface area contributed by atoms with E-state index in [-0.39, 0.29) is 5.75 Å². The summed E-state index contributed by atoms with van der Waals surface area (Å²) in [5, 5.41) is 15.2. The van der Waals surface area contributed by atoms with Gasteiger partial charge in [-0.3, -0.25) is 0 Å². The Morgan fingerprint density at radius 3 is 2.87 bits per heavy atom. The van der Waals surface area contributed by atoms with Gasteiger partial charge in [-0.15, -0.1) is 0 Å². The number of fused-ring (bicyclic) bond motifs is 2. The predicted octanol–water partition coefficient (Wildman–Crippen LogP) is 4.57. The molecule has 0 aliphatic rings. The molecule has 0 aliphatic carbocycles. The number of anilines is 3. The molecule has 0 aliphatic heterocycles. The van der Waals surface area contributed by atoms with Gasteiger partial charge in [0, 0.05) is 59.7 Å². The Morgan fingerprint density at radius 2 is 1.93 bits per heavy atom. The van der Waals surface area contributed by atoms with Gasteiger partial charge in [0.05, 0.1) is 0 Å². The van der Waals surface area contributed by atoms with Gasteiger partial charge in [-0.2, -0.15) is 4.98 Å². The Hall–Kier alpha value is -4.00. The van der Waals surface area contributed by atoms with Crippen molar-refractivity contribution < 1.29 is 5.11 Å². The maximum atomic E-state index is 9.74. The molecule has 0 spiro atoms. The fourth-order valence-corrected chi connectivity index (χ4v) is 3.68. The van der Waals surface area contributed by atoms with Crippen LogP contribution in [0.2, 0.25) is 0 Å². The second-order valence-corrected chi connectivity index (χ2v) is 7.27. The topological polar surface area (TPSA) is 92.9 Å². The van der Waals surface area contributed by atoms with Crippen LogP contribution in [0.4, 0.5) is 17.5 Å². The minimum absolute atomic E-state index is 0.271. The highest BCUT2D eigenvalue weighted by atomic mass is 16.3. The van der Waals surface area contributed by atoms with Crippen LogP contribution in [-0.2, 0) is 6.42 Å². The summed E-state index contributed by atoms with van der Waals surface area (Å²) >= 11 is 0. The normalized spacial score (nSPS) is 11.2. The zero-order chi connectivity index (χ0) is 20.5. The van der Waals surface area contributed by atoms with Gasteiger partial charge < -0.3 is 25.3 Å². The fourth-order valence-electron chi connectivity index (χ4n) is 3.68. The van der Waals surface area contributed by atoms with Crippen molar-refractivity contribution in [3.05, 3.63) is 72.7 Å². The molecular weight excluding hydrogens is 376 g/mol. The maximum Gasteiger partial charge on any atom is 0.224 e. The zero-order valence-electron chi connectivity index (χ0n) is 16.6. The molecule has 0 amide bonds. The van der Waals surface area contributed by atoms with E-state index >= 15 is 0 Å². The molecule has 0 atom stereocenters. The highest BCUT2D eigenvalue weighted by molar-refractivity contribution is 5.85. The highest BCUT2D eigenvalue weighted by Crippen LogP contribution is 2.26. The van der Waals surface area contributed by atoms with Crippen LogP contribution in [0.5, 0.6) is 5.75 Å². The van der Waals surface area contributed by atoms with E-state index in [1.165, 1.54) is 0 Å². The van der Waals surface area contributed by atoms with Gasteiger partial charge in [-0.1, -0.05) is 0 Å². The molecule has 5 aromatic rings. The molecule has 0 radical (unpaired) electrons. The monoisotopic (exact) mass is 398 g/mol. The Morgan fingerprint density at radius 1 is 1.03 bits per heavy atom. The van der Waals surface area contributed by atoms with Gasteiger partial charge >= 0.3 is 0 Å². The summed E-state index contributed by atoms with van der Waals surface area (Å²) in [5.74, 6) is 1.68. The lowest BCUT2D eigenvalue weighted by Crippen LogP contribution is -2.14. The first-order chi connectivity index (χ1) is 14.7. The quantitative estimate of drug-likeness (QED) is 0.336. The molecule has 0 fully saturated rings. The molecule has 4 N–H and O–H groups in total. The summed E-state index contributed by atoms with van der Waals surface area (Å²) in [4.78, 5) is 17.5. The second-order valence-electron chi connectivity index (χ2n) is 7.27. The van der Waals surface area contributed by atoms with Crippen LogP contribution in [0.25, 0.3) is 21.8 Å². The van der Waals surface area contributed by atoms with E-state index in [0.29, 0.717) is 12.5 Å². The lowest BCUT2D eigenvalue weighted by Gasteiger charge is -2.19. The summed E-state index contributed by atoms with van der Waals surface area (Å²) in [5.41, 5.74) is 4.33. The van der Waals surface area contributed by atoms with Crippen molar-refractivity contribution >= 4 is 39.3 Å². The van der Waals surface area contributed by atoms with E-state index < -0.39 is 0 Å². The third-order valence-corrected chi connectivity index (χ3v) is 5.34. The van der Waals surface area contributed by atoms with Crippen LogP contribution in [0, 0.1) is 0 Å². The van der Waals surface area contributed by atoms with E-state index in [4.69, 9.17) is 0 Å². The van der Waals surface area contributed by atoms with Crippen LogP contribution < -0.4 is 10.2 Å². The van der Waals surface area contributed by atoms with Gasteiger partial charge in [0.15, 0.2) is 0 Å². The molecule has 2 aromatic carbocycles. The first-order valence-corrected chi connectivity index (χ1v) is 9.84. The average Bonchev–Trinajstić information content (AvgIpc) is 3.40. The minimum atomic E-state index is 0.271. The molecule has 7 heteroatoms. The smallest absolute Gasteiger partial charge is 0.224 e. The number of hydrogen-bond acceptors (Lipinski definition) is 5. The van der Waals surface area contributed by atoms with Crippen molar-refractivity contribution in [2.75, 3.05) is 23.8 Å². The summed E-state index contributed by atoms with van der Waals surface area (Å²) in [6.45, 7) is 0.686. The molecule has 0 saturated carbocycles. The van der Waals surface area contributed by atoms with Crippen molar-refractivity contribution in [1.82, 2.24) is 19.9 Å². The molecule has 150 valence electrons. The number of nitrogens with zero attached hydrogens (tertiary/aromatic N) is 3. The molecule has 30 heavy (non-hydrogen) atoms. The van der Waals surface area contributed by atoms with Crippen molar-refractivity contribution in [2.45, 2.75) is 6.42 Å². The Kier molecular flexibility index (Phi) is 4.48. The number of aromatic hydroxyl groups is 1. The molecule has 0 unspecified atom stereocenters. The number of rotatable bonds is 6. The SMILES string of the molecule is CN(c1ccc2[nH]ccc2c1)c1ccnc(NCCc2c[nH]c3ccc(O)cc23)n1. The Labute approximate surface area is 173 Å². The van der Waals surface area contributed by atoms with Crippen LogP contribution >= 0.6 is 0 Å². The van der Waals surface area contributed by atoms with E-state index in [0.717, 1.165) is 45.3 Å². The van der Waals surface area contributed by atoms with E-state index in [1.807, 2.05) is 36.5 Å². The van der Waals surface area contributed by atoms with Crippen LogP contribution in [0.1, 0.15) is 5.56 Å². The first kappa shape index (κ1) is 18.1. The van der Waals surface area contributed by atoms with Crippen molar-refractivity contribution in [1.29, 1.82) is 0 Å². The second kappa shape index (κ2) is 7.44. The van der Waals surface area contributed by atoms with Gasteiger partial charge in [-0.25, -0.2) is 4.98 Å². The zero-order valence-corrected chi connectivity index (χ0v) is 16.6. The molecule has 3 aromatic heterocycles. The third kappa shape index (κ3) is 3.41. The van der Waals surface area contributed by atoms with Crippen molar-refractivity contribution in [3.8, 4) is 5.75 Å². The third-order valence-electron chi connectivity index (χ3n) is 5.34. The summed E-state index contributed by atoms with van der Waals surface area (Å²) in [6, 6.07) is 15.6. The van der Waals surface area contributed by atoms with Crippen molar-refractivity contribution in [2.24, 2.45) is 0 Å². The summed E-state index contributed by atoms with van der Waals surface area (Å²) < 4.78 is 0. The molecule has 0 bridgehead atoms. The van der Waals surface area contributed by atoms with E-state index in [9.17, 15) is 5.11 Å². The minimum Gasteiger partial charge on any atom is -0.508 e. The van der Waals surface area contributed by atoms with Gasteiger partial charge in [0.1, 0.15) is 11.6 Å². The lowest BCUT2D eigenvalue weighted by atomic mass is 10.1. The Balaban J connectivity index is 1.29. The number of nitrogens with one attached hydrogen (secondary N) is 3. The number of hydrogen-bond donors (Lipinski definition) is 4. The number of phenols is 1. The maximum absolute atomic E-state index is 9.74. The van der Waals surface area contributed by atoms with Crippen LogP contribution in [0.3, 0.4) is 0 Å². The van der Waals surface area contributed by atoms with Crippen LogP contribution in [-0.4, -0.2) is 38.6 Å². The average molecular weight is 398 g/mol. The van der Waals surface area contributed by atoms with E-state index in [2.05, 4.69) is 49.5 Å². The van der Waals surface area contributed by atoms with Gasteiger partial charge in [-0.05, 0) is 60.5 Å².